The third-order valence-electron chi connectivity index (χ3n) is 15.5. The molecule has 60 heavy (non-hydrogen) atoms. The van der Waals surface area contributed by atoms with Crippen LogP contribution in [0.1, 0.15) is 58.3 Å². The Balaban J connectivity index is 0.971. The first-order chi connectivity index (χ1) is 29.5. The summed E-state index contributed by atoms with van der Waals surface area (Å²) in [6.07, 6.45) is 12.0. The number of rotatable bonds is 11. The van der Waals surface area contributed by atoms with Gasteiger partial charge >= 0.3 is 0 Å². The normalized spacial score (nSPS) is 27.5. The van der Waals surface area contributed by atoms with Crippen molar-refractivity contribution in [2.24, 2.45) is 28.6 Å². The summed E-state index contributed by atoms with van der Waals surface area (Å²) in [6.45, 7) is 2.55. The zero-order valence-corrected chi connectivity index (χ0v) is 36.7. The van der Waals surface area contributed by atoms with Crippen LogP contribution in [0.4, 0.5) is 0 Å². The van der Waals surface area contributed by atoms with E-state index >= 15 is 0 Å². The summed E-state index contributed by atoms with van der Waals surface area (Å²) in [4.78, 5) is 13.8. The molecule has 0 aromatic heterocycles. The highest BCUT2D eigenvalue weighted by Gasteiger charge is 2.62. The molecule has 0 amide bonds. The van der Waals surface area contributed by atoms with Gasteiger partial charge in [-0.2, -0.15) is 0 Å². The Morgan fingerprint density at radius 3 is 1.32 bits per heavy atom. The highest BCUT2D eigenvalue weighted by molar-refractivity contribution is 7.07. The fraction of sp³-hybridized carbons (Fsp3) is 0.291. The molecule has 3 saturated carbocycles. The van der Waals surface area contributed by atoms with Crippen LogP contribution in [0.2, 0.25) is 0 Å². The molecule has 0 N–H and O–H groups in total. The van der Waals surface area contributed by atoms with E-state index in [1.165, 1.54) is 43.0 Å². The lowest BCUT2D eigenvalue weighted by molar-refractivity contribution is -0.128. The van der Waals surface area contributed by atoms with E-state index in [9.17, 15) is 4.79 Å². The molecule has 0 radical (unpaired) electrons. The second kappa shape index (κ2) is 16.2. The van der Waals surface area contributed by atoms with Crippen molar-refractivity contribution in [2.75, 3.05) is 0 Å². The molecular weight excluding hydrogens is 765 g/mol. The molecule has 2 unspecified atom stereocenters. The minimum absolute atomic E-state index is 0.0373. The quantitative estimate of drug-likeness (QED) is 0.0573. The lowest BCUT2D eigenvalue weighted by atomic mass is 9.47. The Kier molecular flexibility index (Phi) is 10.6. The number of carbonyl (C=O) groups excluding carboxylic acids is 1. The van der Waals surface area contributed by atoms with Crippen molar-refractivity contribution in [1.82, 2.24) is 0 Å². The van der Waals surface area contributed by atoms with Gasteiger partial charge in [-0.25, -0.2) is 0 Å². The number of hydrogen-bond acceptors (Lipinski definition) is 3. The van der Waals surface area contributed by atoms with Gasteiger partial charge in [-0.3, -0.25) is 0 Å². The lowest BCUT2D eigenvalue weighted by Crippen LogP contribution is -2.71. The Hall–Kier alpha value is -4.92. The summed E-state index contributed by atoms with van der Waals surface area (Å²) in [5, 5.41) is 7.65. The second-order valence-corrected chi connectivity index (χ2v) is 24.9. The molecular formula is C55H56O3Si2. The summed E-state index contributed by atoms with van der Waals surface area (Å²) < 4.78 is 15.7. The molecule has 0 heterocycles. The number of hydrogen-bond donors (Lipinski definition) is 0. The van der Waals surface area contributed by atoms with Gasteiger partial charge in [0.2, 0.25) is 0 Å². The summed E-state index contributed by atoms with van der Waals surface area (Å²) in [5.41, 5.74) is 0.955. The van der Waals surface area contributed by atoms with Crippen molar-refractivity contribution in [2.45, 2.75) is 70.5 Å². The van der Waals surface area contributed by atoms with Gasteiger partial charge in [0.15, 0.2) is 0 Å². The van der Waals surface area contributed by atoms with Crippen LogP contribution in [0.5, 0.6) is 0 Å². The molecule has 4 aliphatic carbocycles. The average molecular weight is 821 g/mol. The molecule has 4 aliphatic rings. The van der Waals surface area contributed by atoms with Crippen LogP contribution in [-0.2, 0) is 13.6 Å². The molecule has 6 aromatic rings. The van der Waals surface area contributed by atoms with Gasteiger partial charge in [0.1, 0.15) is 6.29 Å². The number of carbonyl (C=O) groups is 1. The van der Waals surface area contributed by atoms with E-state index in [1.807, 2.05) is 0 Å². The zero-order valence-electron chi connectivity index (χ0n) is 34.7. The van der Waals surface area contributed by atoms with Crippen LogP contribution in [0.3, 0.4) is 0 Å². The Labute approximate surface area is 358 Å². The average Bonchev–Trinajstić information content (AvgIpc) is 3.66. The smallest absolute Gasteiger partial charge is 0.288 e. The summed E-state index contributed by atoms with van der Waals surface area (Å²) >= 11 is 0. The van der Waals surface area contributed by atoms with E-state index in [4.69, 9.17) is 8.85 Å². The van der Waals surface area contributed by atoms with Crippen molar-refractivity contribution in [3.63, 3.8) is 0 Å². The SMILES string of the molecule is C[C@]12CC[C@@H]3[C@@H](CCC4=CC(O[Si](c5ccccc5)(c5ccccc5)c5ccccc5)CC[C@@]43C=O)[C@@H]1CCC2O[Si](c1ccccc1)(c1ccccc1)c1ccccc1. The fourth-order valence-electron chi connectivity index (χ4n) is 12.7. The topological polar surface area (TPSA) is 35.5 Å². The van der Waals surface area contributed by atoms with Crippen molar-refractivity contribution in [3.8, 4) is 0 Å². The molecule has 302 valence electrons. The van der Waals surface area contributed by atoms with Crippen molar-refractivity contribution in [1.29, 1.82) is 0 Å². The summed E-state index contributed by atoms with van der Waals surface area (Å²) in [6, 6.07) is 65.9. The Morgan fingerprint density at radius 2 is 0.900 bits per heavy atom. The molecule has 3 fully saturated rings. The van der Waals surface area contributed by atoms with Gasteiger partial charge in [0.25, 0.3) is 16.6 Å². The molecule has 0 saturated heterocycles. The largest absolute Gasteiger partial charge is 0.401 e. The van der Waals surface area contributed by atoms with Crippen molar-refractivity contribution >= 4 is 54.0 Å². The summed E-state index contributed by atoms with van der Waals surface area (Å²) in [5.74, 6) is 1.38. The maximum Gasteiger partial charge on any atom is 0.288 e. The predicted octanol–water partition coefficient (Wildman–Crippen LogP) is 8.23. The minimum Gasteiger partial charge on any atom is -0.401 e. The lowest BCUT2D eigenvalue weighted by Gasteiger charge is -2.58. The number of aldehydes is 1. The van der Waals surface area contributed by atoms with Crippen LogP contribution < -0.4 is 31.1 Å². The maximum atomic E-state index is 13.8. The van der Waals surface area contributed by atoms with E-state index in [1.54, 1.807) is 0 Å². The maximum absolute atomic E-state index is 13.8. The van der Waals surface area contributed by atoms with E-state index in [0.29, 0.717) is 17.8 Å². The van der Waals surface area contributed by atoms with E-state index < -0.39 is 22.0 Å². The van der Waals surface area contributed by atoms with Gasteiger partial charge in [0.05, 0.1) is 17.6 Å². The fourth-order valence-corrected chi connectivity index (χ4v) is 21.0. The molecule has 5 heteroatoms. The van der Waals surface area contributed by atoms with E-state index in [0.717, 1.165) is 51.4 Å². The molecule has 6 aromatic carbocycles. The Morgan fingerprint density at radius 1 is 0.483 bits per heavy atom. The number of allylic oxidation sites excluding steroid dienone is 1. The van der Waals surface area contributed by atoms with Crippen LogP contribution in [0.15, 0.2) is 194 Å². The van der Waals surface area contributed by atoms with Crippen LogP contribution in [0, 0.1) is 28.6 Å². The molecule has 7 atom stereocenters. The monoisotopic (exact) mass is 820 g/mol. The number of fused-ring (bicyclic) bond motifs is 5. The molecule has 3 nitrogen and oxygen atoms in total. The van der Waals surface area contributed by atoms with E-state index in [2.05, 4.69) is 195 Å². The second-order valence-electron chi connectivity index (χ2n) is 18.2. The molecule has 0 aliphatic heterocycles. The standard InChI is InChI=1S/C55H56O3Si2/c1-54-38-37-52-50(51(54)34-35-53(54)58-60(47-26-14-5-15-27-47,48-28-16-6-17-29-48)49-30-18-7-19-31-49)33-32-42-40-43(36-39-55(42,52)41-56)57-59(44-20-8-2-9-21-44,45-22-10-3-11-23-45)46-24-12-4-13-25-46/h2-31,40-41,43,50-53H,32-39H2,1H3/t43?,50-,51-,52+,53?,54-,55+/m0/s1. The highest BCUT2D eigenvalue weighted by Crippen LogP contribution is 2.65. The first-order valence-electron chi connectivity index (χ1n) is 22.4. The van der Waals surface area contributed by atoms with Gasteiger partial charge < -0.3 is 13.6 Å². The zero-order chi connectivity index (χ0) is 40.6. The first kappa shape index (κ1) is 39.2. The van der Waals surface area contributed by atoms with E-state index in [-0.39, 0.29) is 17.6 Å². The summed E-state index contributed by atoms with van der Waals surface area (Å²) in [7, 11) is -5.79. The molecule has 10 rings (SSSR count). The molecule has 0 spiro atoms. The predicted molar refractivity (Wildman–Crippen MR) is 250 cm³/mol. The Bertz CT molecular complexity index is 2220. The van der Waals surface area contributed by atoms with Crippen LogP contribution in [-0.4, -0.2) is 35.1 Å². The first-order valence-corrected chi connectivity index (χ1v) is 26.2. The van der Waals surface area contributed by atoms with Crippen LogP contribution in [0.25, 0.3) is 0 Å². The van der Waals surface area contributed by atoms with Gasteiger partial charge in [-0.1, -0.05) is 201 Å². The van der Waals surface area contributed by atoms with Gasteiger partial charge in [0, 0.05) is 0 Å². The van der Waals surface area contributed by atoms with Gasteiger partial charge in [-0.05, 0) is 106 Å². The minimum atomic E-state index is -2.91. The molecule has 0 bridgehead atoms. The van der Waals surface area contributed by atoms with Crippen molar-refractivity contribution in [3.05, 3.63) is 194 Å². The highest BCUT2D eigenvalue weighted by atomic mass is 28.4. The van der Waals surface area contributed by atoms with Gasteiger partial charge in [-0.15, -0.1) is 0 Å². The third kappa shape index (κ3) is 6.39. The third-order valence-corrected chi connectivity index (χ3v) is 23.7. The van der Waals surface area contributed by atoms with Crippen molar-refractivity contribution < 1.29 is 13.6 Å². The number of benzene rings is 6. The van der Waals surface area contributed by atoms with Crippen LogP contribution >= 0.6 is 0 Å².